The molecule has 1 unspecified atom stereocenters. The molecule has 0 amide bonds. The van der Waals surface area contributed by atoms with Gasteiger partial charge in [0.25, 0.3) is 0 Å². The van der Waals surface area contributed by atoms with Gasteiger partial charge in [-0.15, -0.1) is 0 Å². The van der Waals surface area contributed by atoms with E-state index in [9.17, 15) is 14.4 Å². The zero-order chi connectivity index (χ0) is 23.1. The molecule has 5 heteroatoms. The van der Waals surface area contributed by atoms with Crippen LogP contribution in [0.5, 0.6) is 0 Å². The largest absolute Gasteiger partial charge is 0.465 e. The average molecular weight is 433 g/mol. The highest BCUT2D eigenvalue weighted by Crippen LogP contribution is 2.50. The summed E-state index contributed by atoms with van der Waals surface area (Å²) in [6.45, 7) is 7.70. The van der Waals surface area contributed by atoms with Gasteiger partial charge >= 0.3 is 11.9 Å². The fourth-order valence-electron chi connectivity index (χ4n) is 4.19. The Morgan fingerprint density at radius 2 is 1.53 bits per heavy atom. The molecule has 2 aromatic carbocycles. The van der Waals surface area contributed by atoms with Crippen LogP contribution in [0.4, 0.5) is 0 Å². The van der Waals surface area contributed by atoms with Gasteiger partial charge < -0.3 is 9.47 Å². The molecule has 0 spiro atoms. The van der Waals surface area contributed by atoms with Gasteiger partial charge in [0.05, 0.1) is 18.6 Å². The predicted molar refractivity (Wildman–Crippen MR) is 122 cm³/mol. The lowest BCUT2D eigenvalue weighted by molar-refractivity contribution is -0.152. The summed E-state index contributed by atoms with van der Waals surface area (Å²) in [6, 6.07) is 18.6. The van der Waals surface area contributed by atoms with Crippen molar-refractivity contribution in [3.05, 3.63) is 95.6 Å². The number of hydrogen-bond acceptors (Lipinski definition) is 5. The fraction of sp³-hybridized carbons (Fsp3) is 0.296. The van der Waals surface area contributed by atoms with Crippen molar-refractivity contribution in [1.82, 2.24) is 0 Å². The quantitative estimate of drug-likeness (QED) is 0.315. The van der Waals surface area contributed by atoms with E-state index in [2.05, 4.69) is 6.58 Å². The number of benzene rings is 2. The molecular weight excluding hydrogens is 404 g/mol. The molecule has 1 aliphatic rings. The van der Waals surface area contributed by atoms with E-state index in [0.717, 1.165) is 5.56 Å². The molecule has 1 aliphatic carbocycles. The zero-order valence-corrected chi connectivity index (χ0v) is 18.5. The molecule has 0 N–H and O–H groups in total. The van der Waals surface area contributed by atoms with Crippen LogP contribution in [-0.4, -0.2) is 30.9 Å². The Bertz CT molecular complexity index is 1020. The third-order valence-corrected chi connectivity index (χ3v) is 5.65. The molecule has 32 heavy (non-hydrogen) atoms. The summed E-state index contributed by atoms with van der Waals surface area (Å²) in [5.41, 5.74) is 0.989. The van der Waals surface area contributed by atoms with Gasteiger partial charge in [0.1, 0.15) is 0 Å². The van der Waals surface area contributed by atoms with Crippen LogP contribution < -0.4 is 0 Å². The molecule has 2 aromatic rings. The van der Waals surface area contributed by atoms with Gasteiger partial charge in [0, 0.05) is 22.6 Å². The summed E-state index contributed by atoms with van der Waals surface area (Å²) in [5, 5.41) is 0. The number of hydrogen-bond donors (Lipinski definition) is 0. The first-order valence-corrected chi connectivity index (χ1v) is 10.8. The standard InChI is InChI=1S/C27H28O5/c1-4-31-25(29)19(3)16-27(26(30)32-5-2)17-22(20-12-8-6-9-13-20)23(18-27)24(28)21-14-10-7-11-15-21/h6-15,18,22H,3-5,16-17H2,1-2H3/t22?,27-/m1/s1. The maximum absolute atomic E-state index is 13.5. The maximum atomic E-state index is 13.5. The van der Waals surface area contributed by atoms with Crippen molar-refractivity contribution in [2.45, 2.75) is 32.6 Å². The van der Waals surface area contributed by atoms with Crippen molar-refractivity contribution in [2.75, 3.05) is 13.2 Å². The first kappa shape index (κ1) is 23.2. The van der Waals surface area contributed by atoms with Crippen molar-refractivity contribution >= 4 is 17.7 Å². The Morgan fingerprint density at radius 1 is 0.938 bits per heavy atom. The Kier molecular flexibility index (Phi) is 7.41. The maximum Gasteiger partial charge on any atom is 0.333 e. The van der Waals surface area contributed by atoms with E-state index in [1.807, 2.05) is 48.5 Å². The SMILES string of the molecule is C=C(C[C@]1(C(=O)OCC)C=C(C(=O)c2ccccc2)C(c2ccccc2)C1)C(=O)OCC. The van der Waals surface area contributed by atoms with Crippen LogP contribution in [0.3, 0.4) is 0 Å². The van der Waals surface area contributed by atoms with Gasteiger partial charge in [0.2, 0.25) is 0 Å². The molecular formula is C27H28O5. The monoisotopic (exact) mass is 432 g/mol. The third kappa shape index (κ3) is 4.88. The van der Waals surface area contributed by atoms with Crippen LogP contribution in [0.2, 0.25) is 0 Å². The first-order valence-electron chi connectivity index (χ1n) is 10.8. The summed E-state index contributed by atoms with van der Waals surface area (Å²) in [7, 11) is 0. The second-order valence-electron chi connectivity index (χ2n) is 7.84. The van der Waals surface area contributed by atoms with Gasteiger partial charge in [-0.2, -0.15) is 0 Å². The minimum atomic E-state index is -1.18. The normalized spacial score (nSPS) is 19.7. The second-order valence-corrected chi connectivity index (χ2v) is 7.84. The Labute approximate surface area is 188 Å². The first-order chi connectivity index (χ1) is 15.4. The number of esters is 2. The smallest absolute Gasteiger partial charge is 0.333 e. The number of ether oxygens (including phenoxy) is 2. The Hall–Kier alpha value is -3.47. The summed E-state index contributed by atoms with van der Waals surface area (Å²) < 4.78 is 10.5. The van der Waals surface area contributed by atoms with Crippen LogP contribution in [-0.2, 0) is 19.1 Å². The van der Waals surface area contributed by atoms with Gasteiger partial charge in [0.15, 0.2) is 5.78 Å². The lowest BCUT2D eigenvalue weighted by atomic mass is 9.78. The average Bonchev–Trinajstić information content (AvgIpc) is 3.21. The van der Waals surface area contributed by atoms with E-state index in [-0.39, 0.29) is 36.9 Å². The van der Waals surface area contributed by atoms with Gasteiger partial charge in [-0.05, 0) is 32.3 Å². The molecule has 5 nitrogen and oxygen atoms in total. The number of carbonyl (C=O) groups excluding carboxylic acids is 3. The van der Waals surface area contributed by atoms with E-state index < -0.39 is 17.4 Å². The Morgan fingerprint density at radius 3 is 2.12 bits per heavy atom. The summed E-state index contributed by atoms with van der Waals surface area (Å²) in [5.74, 6) is -1.48. The minimum Gasteiger partial charge on any atom is -0.465 e. The summed E-state index contributed by atoms with van der Waals surface area (Å²) in [4.78, 5) is 39.0. The highest BCUT2D eigenvalue weighted by molar-refractivity contribution is 6.11. The molecule has 2 atom stereocenters. The number of carbonyl (C=O) groups is 3. The van der Waals surface area contributed by atoms with Crippen LogP contribution in [0, 0.1) is 5.41 Å². The third-order valence-electron chi connectivity index (χ3n) is 5.65. The van der Waals surface area contributed by atoms with E-state index >= 15 is 0 Å². The van der Waals surface area contributed by atoms with Crippen LogP contribution in [0.25, 0.3) is 0 Å². The fourth-order valence-corrected chi connectivity index (χ4v) is 4.19. The Balaban J connectivity index is 2.08. The summed E-state index contributed by atoms with van der Waals surface area (Å²) in [6.07, 6.45) is 2.03. The van der Waals surface area contributed by atoms with E-state index in [4.69, 9.17) is 9.47 Å². The topological polar surface area (TPSA) is 69.7 Å². The van der Waals surface area contributed by atoms with Crippen LogP contribution in [0.15, 0.2) is 84.5 Å². The molecule has 0 saturated heterocycles. The highest BCUT2D eigenvalue weighted by Gasteiger charge is 2.48. The van der Waals surface area contributed by atoms with Gasteiger partial charge in [-0.1, -0.05) is 73.3 Å². The van der Waals surface area contributed by atoms with Crippen molar-refractivity contribution in [3.8, 4) is 0 Å². The molecule has 0 saturated carbocycles. The number of rotatable bonds is 9. The number of ketones is 1. The van der Waals surface area contributed by atoms with Crippen molar-refractivity contribution < 1.29 is 23.9 Å². The van der Waals surface area contributed by atoms with Gasteiger partial charge in [-0.25, -0.2) is 4.79 Å². The molecule has 0 fully saturated rings. The highest BCUT2D eigenvalue weighted by atomic mass is 16.5. The zero-order valence-electron chi connectivity index (χ0n) is 18.5. The molecule has 3 rings (SSSR count). The molecule has 0 bridgehead atoms. The lowest BCUT2D eigenvalue weighted by Gasteiger charge is -2.27. The van der Waals surface area contributed by atoms with Crippen molar-refractivity contribution in [3.63, 3.8) is 0 Å². The summed E-state index contributed by atoms with van der Waals surface area (Å²) >= 11 is 0. The van der Waals surface area contributed by atoms with Gasteiger partial charge in [-0.3, -0.25) is 9.59 Å². The van der Waals surface area contributed by atoms with Crippen molar-refractivity contribution in [1.29, 1.82) is 0 Å². The number of Topliss-reactive ketones (excluding diaryl/α,β-unsaturated/α-hetero) is 1. The molecule has 166 valence electrons. The van der Waals surface area contributed by atoms with Crippen LogP contribution >= 0.6 is 0 Å². The molecule has 0 radical (unpaired) electrons. The van der Waals surface area contributed by atoms with Crippen molar-refractivity contribution in [2.24, 2.45) is 5.41 Å². The number of allylic oxidation sites excluding steroid dienone is 1. The van der Waals surface area contributed by atoms with E-state index in [1.54, 1.807) is 32.1 Å². The molecule has 0 aliphatic heterocycles. The second kappa shape index (κ2) is 10.2. The molecule has 0 heterocycles. The van der Waals surface area contributed by atoms with E-state index in [0.29, 0.717) is 17.6 Å². The lowest BCUT2D eigenvalue weighted by Crippen LogP contribution is -2.32. The molecule has 0 aromatic heterocycles. The van der Waals surface area contributed by atoms with E-state index in [1.165, 1.54) is 0 Å². The van der Waals surface area contributed by atoms with Crippen LogP contribution in [0.1, 0.15) is 48.5 Å². The minimum absolute atomic E-state index is 0.0274. The predicted octanol–water partition coefficient (Wildman–Crippen LogP) is 5.04.